The molecule has 4 saturated carbocycles. The molecule has 0 bridgehead atoms. The van der Waals surface area contributed by atoms with Crippen molar-refractivity contribution in [3.8, 4) is 0 Å². The second-order valence-electron chi connectivity index (χ2n) is 13.5. The number of hydrogen-bond donors (Lipinski definition) is 3. The van der Waals surface area contributed by atoms with E-state index in [2.05, 4.69) is 6.92 Å². The van der Waals surface area contributed by atoms with Gasteiger partial charge < -0.3 is 39.1 Å². The fraction of sp³-hybridized carbons (Fsp3) is 0.867. The molecule has 0 aromatic rings. The maximum absolute atomic E-state index is 13.0. The summed E-state index contributed by atoms with van der Waals surface area (Å²) in [5.74, 6) is -0.420. The number of carbonyl (C=O) groups excluding carboxylic acids is 2. The largest absolute Gasteiger partial charge is 0.458 e. The highest BCUT2D eigenvalue weighted by molar-refractivity contribution is 5.85. The van der Waals surface area contributed by atoms with E-state index in [4.69, 9.17) is 18.9 Å². The fourth-order valence-electron chi connectivity index (χ4n) is 9.98. The summed E-state index contributed by atoms with van der Waals surface area (Å²) in [4.78, 5) is 24.8. The van der Waals surface area contributed by atoms with Crippen molar-refractivity contribution in [3.63, 3.8) is 0 Å². The standard InChI is InChI=1S/C30H44O9/c1-17-26(33)23(36-3)13-25(38-17)39-19-4-9-28(16-31)21-5-8-27(2)20(18-12-24(32)37-15-18)7-11-30(27,35)22(21)6-10-29(28,34)14-19/h12,16-17,19-23,25-26,33-35H,4-11,13-15H2,1-3H3/t17-,19+,20-,21+,22+,23-,25+,26+,27-,28+,29+,30+/m1/s1. The highest BCUT2D eigenvalue weighted by Crippen LogP contribution is 2.70. The molecule has 2 aliphatic heterocycles. The van der Waals surface area contributed by atoms with Crippen LogP contribution in [0.3, 0.4) is 0 Å². The molecule has 9 nitrogen and oxygen atoms in total. The van der Waals surface area contributed by atoms with Crippen molar-refractivity contribution in [2.75, 3.05) is 13.7 Å². The molecular weight excluding hydrogens is 504 g/mol. The van der Waals surface area contributed by atoms with Crippen molar-refractivity contribution in [2.24, 2.45) is 28.6 Å². The summed E-state index contributed by atoms with van der Waals surface area (Å²) in [6, 6.07) is 0. The second kappa shape index (κ2) is 9.60. The number of carbonyl (C=O) groups is 2. The molecule has 5 fully saturated rings. The Labute approximate surface area is 230 Å². The summed E-state index contributed by atoms with van der Waals surface area (Å²) in [6.07, 6.45) is 6.10. The smallest absolute Gasteiger partial charge is 0.331 e. The van der Waals surface area contributed by atoms with Gasteiger partial charge in [0, 0.05) is 31.4 Å². The molecule has 0 amide bonds. The van der Waals surface area contributed by atoms with Crippen LogP contribution in [0.2, 0.25) is 0 Å². The fourth-order valence-corrected chi connectivity index (χ4v) is 9.98. The molecule has 9 heteroatoms. The summed E-state index contributed by atoms with van der Waals surface area (Å²) < 4.78 is 22.9. The Morgan fingerprint density at radius 2 is 1.85 bits per heavy atom. The highest BCUT2D eigenvalue weighted by atomic mass is 16.7. The van der Waals surface area contributed by atoms with Crippen LogP contribution in [-0.2, 0) is 28.5 Å². The van der Waals surface area contributed by atoms with E-state index >= 15 is 0 Å². The van der Waals surface area contributed by atoms with Crippen LogP contribution >= 0.6 is 0 Å². The molecule has 0 unspecified atom stereocenters. The number of methoxy groups -OCH3 is 1. The second-order valence-corrected chi connectivity index (χ2v) is 13.5. The molecule has 4 aliphatic carbocycles. The minimum Gasteiger partial charge on any atom is -0.458 e. The summed E-state index contributed by atoms with van der Waals surface area (Å²) in [5, 5.41) is 34.8. The van der Waals surface area contributed by atoms with E-state index in [0.717, 1.165) is 31.1 Å². The predicted octanol–water partition coefficient (Wildman–Crippen LogP) is 2.43. The van der Waals surface area contributed by atoms with Gasteiger partial charge in [0.05, 0.1) is 34.9 Å². The molecule has 0 spiro atoms. The van der Waals surface area contributed by atoms with Gasteiger partial charge in [0.15, 0.2) is 6.29 Å². The first kappa shape index (κ1) is 27.8. The Morgan fingerprint density at radius 3 is 2.54 bits per heavy atom. The normalized spacial score (nSPS) is 53.3. The minimum absolute atomic E-state index is 0.0827. The lowest BCUT2D eigenvalue weighted by Gasteiger charge is -2.65. The van der Waals surface area contributed by atoms with Gasteiger partial charge in [0.2, 0.25) is 0 Å². The van der Waals surface area contributed by atoms with Crippen molar-refractivity contribution in [2.45, 2.75) is 120 Å². The molecular formula is C30H44O9. The Morgan fingerprint density at radius 1 is 1.08 bits per heavy atom. The van der Waals surface area contributed by atoms with E-state index in [0.29, 0.717) is 51.6 Å². The molecule has 12 atom stereocenters. The maximum Gasteiger partial charge on any atom is 0.331 e. The molecule has 218 valence electrons. The third-order valence-electron chi connectivity index (χ3n) is 12.1. The first-order valence-electron chi connectivity index (χ1n) is 14.8. The van der Waals surface area contributed by atoms with Gasteiger partial charge >= 0.3 is 5.97 Å². The van der Waals surface area contributed by atoms with Crippen LogP contribution in [0.4, 0.5) is 0 Å². The predicted molar refractivity (Wildman–Crippen MR) is 138 cm³/mol. The number of ether oxygens (including phenoxy) is 4. The molecule has 6 rings (SSSR count). The number of cyclic esters (lactones) is 1. The lowest BCUT2D eigenvalue weighted by Crippen LogP contribution is -2.69. The molecule has 0 radical (unpaired) electrons. The monoisotopic (exact) mass is 548 g/mol. The lowest BCUT2D eigenvalue weighted by molar-refractivity contribution is -0.287. The molecule has 1 saturated heterocycles. The number of esters is 1. The molecule has 39 heavy (non-hydrogen) atoms. The van der Waals surface area contributed by atoms with Crippen molar-refractivity contribution in [3.05, 3.63) is 11.6 Å². The van der Waals surface area contributed by atoms with E-state index < -0.39 is 40.5 Å². The van der Waals surface area contributed by atoms with Crippen LogP contribution in [0, 0.1) is 28.6 Å². The number of aliphatic hydroxyl groups excluding tert-OH is 1. The van der Waals surface area contributed by atoms with E-state index in [9.17, 15) is 24.9 Å². The summed E-state index contributed by atoms with van der Waals surface area (Å²) in [7, 11) is 1.57. The molecule has 6 aliphatic rings. The first-order valence-corrected chi connectivity index (χ1v) is 14.8. The maximum atomic E-state index is 13.0. The van der Waals surface area contributed by atoms with Gasteiger partial charge in [-0.1, -0.05) is 6.92 Å². The van der Waals surface area contributed by atoms with Crippen LogP contribution < -0.4 is 0 Å². The van der Waals surface area contributed by atoms with Crippen molar-refractivity contribution < 1.29 is 43.9 Å². The SMILES string of the molecule is CO[C@@H]1C[C@H](O[C@H]2CC[C@]3(C=O)[C@H]4CC[C@]5(C)[C@@H](C6=CC(=O)OC6)CC[C@]5(O)[C@H]4CC[C@]3(O)C2)O[C@H](C)[C@@H]1O. The zero-order valence-electron chi connectivity index (χ0n) is 23.3. The van der Waals surface area contributed by atoms with E-state index in [-0.39, 0.29) is 35.9 Å². The quantitative estimate of drug-likeness (QED) is 0.269. The number of hydrogen-bond acceptors (Lipinski definition) is 9. The Kier molecular flexibility index (Phi) is 6.84. The van der Waals surface area contributed by atoms with Gasteiger partial charge in [-0.2, -0.15) is 0 Å². The summed E-state index contributed by atoms with van der Waals surface area (Å²) in [5.41, 5.74) is -2.52. The Bertz CT molecular complexity index is 1030. The van der Waals surface area contributed by atoms with E-state index in [1.807, 2.05) is 0 Å². The van der Waals surface area contributed by atoms with Crippen LogP contribution in [0.15, 0.2) is 11.6 Å². The van der Waals surface area contributed by atoms with E-state index in [1.165, 1.54) is 0 Å². The number of aldehydes is 1. The van der Waals surface area contributed by atoms with Gasteiger partial charge in [-0.25, -0.2) is 4.79 Å². The molecule has 2 heterocycles. The van der Waals surface area contributed by atoms with Crippen LogP contribution in [0.25, 0.3) is 0 Å². The zero-order chi connectivity index (χ0) is 27.8. The molecule has 0 aromatic heterocycles. The van der Waals surface area contributed by atoms with Crippen LogP contribution in [0.5, 0.6) is 0 Å². The first-order chi connectivity index (χ1) is 18.5. The minimum atomic E-state index is -1.21. The topological polar surface area (TPSA) is 132 Å². The highest BCUT2D eigenvalue weighted by Gasteiger charge is 2.71. The van der Waals surface area contributed by atoms with Gasteiger partial charge in [-0.3, -0.25) is 0 Å². The third-order valence-corrected chi connectivity index (χ3v) is 12.1. The van der Waals surface area contributed by atoms with Crippen LogP contribution in [0.1, 0.15) is 78.1 Å². The number of rotatable bonds is 5. The summed E-state index contributed by atoms with van der Waals surface area (Å²) in [6.45, 7) is 4.25. The van der Waals surface area contributed by atoms with Gasteiger partial charge in [0.25, 0.3) is 0 Å². The van der Waals surface area contributed by atoms with Crippen molar-refractivity contribution in [1.29, 1.82) is 0 Å². The van der Waals surface area contributed by atoms with Gasteiger partial charge in [0.1, 0.15) is 19.0 Å². The average molecular weight is 549 g/mol. The summed E-state index contributed by atoms with van der Waals surface area (Å²) >= 11 is 0. The Hall–Kier alpha value is -1.36. The van der Waals surface area contributed by atoms with Crippen molar-refractivity contribution >= 4 is 12.3 Å². The molecule has 0 aromatic carbocycles. The molecule has 3 N–H and O–H groups in total. The Balaban J connectivity index is 1.21. The third kappa shape index (κ3) is 3.94. The number of fused-ring (bicyclic) bond motifs is 5. The van der Waals surface area contributed by atoms with E-state index in [1.54, 1.807) is 20.1 Å². The van der Waals surface area contributed by atoms with Crippen LogP contribution in [-0.4, -0.2) is 83.2 Å². The zero-order valence-corrected chi connectivity index (χ0v) is 23.3. The van der Waals surface area contributed by atoms with Gasteiger partial charge in [-0.15, -0.1) is 0 Å². The lowest BCUT2D eigenvalue weighted by atomic mass is 9.41. The van der Waals surface area contributed by atoms with Gasteiger partial charge in [-0.05, 0) is 81.6 Å². The average Bonchev–Trinajstić information content (AvgIpc) is 3.45. The number of aliphatic hydroxyl groups is 3. The van der Waals surface area contributed by atoms with Crippen molar-refractivity contribution in [1.82, 2.24) is 0 Å².